The van der Waals surface area contributed by atoms with Gasteiger partial charge < -0.3 is 10.1 Å². The van der Waals surface area contributed by atoms with Crippen molar-refractivity contribution in [1.29, 1.82) is 0 Å². The summed E-state index contributed by atoms with van der Waals surface area (Å²) in [6.07, 6.45) is 34.9. The fraction of sp³-hybridized carbons (Fsp3) is 0.414. The highest BCUT2D eigenvalue weighted by molar-refractivity contribution is 5.94. The molecule has 186 valence electrons. The molecule has 0 fully saturated rings. The van der Waals surface area contributed by atoms with Crippen LogP contribution >= 0.6 is 0 Å². The first-order valence-electron chi connectivity index (χ1n) is 12.1. The van der Waals surface area contributed by atoms with Crippen molar-refractivity contribution in [2.24, 2.45) is 0 Å². The molecule has 0 unspecified atom stereocenters. The number of allylic oxidation sites excluding steroid dienone is 13. The fourth-order valence-electron chi connectivity index (χ4n) is 2.52. The second-order valence-electron chi connectivity index (χ2n) is 7.42. The van der Waals surface area contributed by atoms with Crippen LogP contribution in [0.25, 0.3) is 0 Å². The summed E-state index contributed by atoms with van der Waals surface area (Å²) in [7, 11) is 0. The normalized spacial score (nSPS) is 12.5. The maximum Gasteiger partial charge on any atom is 0.330 e. The summed E-state index contributed by atoms with van der Waals surface area (Å²) in [5.74, 6) is -0.906. The molecular formula is C29H41NO4. The molecule has 5 heteroatoms. The van der Waals surface area contributed by atoms with Gasteiger partial charge in [-0.25, -0.2) is 4.79 Å². The molecule has 0 aromatic rings. The van der Waals surface area contributed by atoms with Gasteiger partial charge in [0.1, 0.15) is 6.61 Å². The van der Waals surface area contributed by atoms with Gasteiger partial charge in [0.25, 0.3) is 0 Å². The second-order valence-corrected chi connectivity index (χ2v) is 7.42. The monoisotopic (exact) mass is 467 g/mol. The summed E-state index contributed by atoms with van der Waals surface area (Å²) in [5.41, 5.74) is 0. The first-order valence-corrected chi connectivity index (χ1v) is 12.1. The van der Waals surface area contributed by atoms with Crippen molar-refractivity contribution < 1.29 is 19.1 Å². The molecule has 0 aromatic heterocycles. The number of carbonyl (C=O) groups excluding carboxylic acids is 3. The number of amides is 1. The van der Waals surface area contributed by atoms with Gasteiger partial charge in [-0.2, -0.15) is 0 Å². The molecule has 0 saturated heterocycles. The van der Waals surface area contributed by atoms with Gasteiger partial charge in [-0.05, 0) is 57.9 Å². The minimum atomic E-state index is -0.595. The molecular weight excluding hydrogens is 426 g/mol. The average molecular weight is 468 g/mol. The van der Waals surface area contributed by atoms with Gasteiger partial charge in [-0.3, -0.25) is 9.59 Å². The molecule has 0 atom stereocenters. The minimum Gasteiger partial charge on any atom is -0.461 e. The Labute approximate surface area is 205 Å². The van der Waals surface area contributed by atoms with Gasteiger partial charge in [0.15, 0.2) is 5.78 Å². The molecule has 0 aliphatic rings. The highest BCUT2D eigenvalue weighted by atomic mass is 16.5. The lowest BCUT2D eigenvalue weighted by Gasteiger charge is -2.04. The van der Waals surface area contributed by atoms with Crippen LogP contribution in [-0.4, -0.2) is 30.8 Å². The molecule has 0 aromatic carbocycles. The van der Waals surface area contributed by atoms with Gasteiger partial charge in [-0.15, -0.1) is 0 Å². The maximum absolute atomic E-state index is 11.7. The molecule has 5 nitrogen and oxygen atoms in total. The molecule has 34 heavy (non-hydrogen) atoms. The number of ether oxygens (including phenoxy) is 1. The summed E-state index contributed by atoms with van der Waals surface area (Å²) < 4.78 is 4.86. The van der Waals surface area contributed by atoms with Crippen molar-refractivity contribution >= 4 is 17.7 Å². The zero-order chi connectivity index (χ0) is 25.1. The van der Waals surface area contributed by atoms with Crippen LogP contribution in [0.5, 0.6) is 0 Å². The Morgan fingerprint density at radius 2 is 1.15 bits per heavy atom. The van der Waals surface area contributed by atoms with E-state index < -0.39 is 5.97 Å². The van der Waals surface area contributed by atoms with E-state index in [0.717, 1.165) is 50.7 Å². The smallest absolute Gasteiger partial charge is 0.330 e. The number of esters is 1. The van der Waals surface area contributed by atoms with Crippen LogP contribution in [-0.2, 0) is 19.1 Å². The van der Waals surface area contributed by atoms with Gasteiger partial charge >= 0.3 is 5.97 Å². The van der Waals surface area contributed by atoms with E-state index in [2.05, 4.69) is 73.0 Å². The Morgan fingerprint density at radius 1 is 0.676 bits per heavy atom. The van der Waals surface area contributed by atoms with E-state index in [9.17, 15) is 14.4 Å². The predicted molar refractivity (Wildman–Crippen MR) is 141 cm³/mol. The van der Waals surface area contributed by atoms with E-state index in [1.807, 2.05) is 12.2 Å². The van der Waals surface area contributed by atoms with E-state index in [4.69, 9.17) is 4.74 Å². The van der Waals surface area contributed by atoms with Crippen molar-refractivity contribution in [1.82, 2.24) is 5.32 Å². The number of ketones is 1. The van der Waals surface area contributed by atoms with Gasteiger partial charge in [-0.1, -0.05) is 79.8 Å². The number of rotatable bonds is 19. The first-order chi connectivity index (χ1) is 16.6. The molecule has 0 spiro atoms. The SMILES string of the molecule is CC/C=C\C/C=C\C/C=C\C/C=C\C/C=C\C/C=C\CCC(=O)NCCOC(=O)/C=C/C(C)=O. The van der Waals surface area contributed by atoms with Crippen LogP contribution in [0.15, 0.2) is 85.1 Å². The molecule has 0 aliphatic heterocycles. The van der Waals surface area contributed by atoms with Crippen molar-refractivity contribution in [3.63, 3.8) is 0 Å². The third-order valence-corrected chi connectivity index (χ3v) is 4.26. The summed E-state index contributed by atoms with van der Waals surface area (Å²) in [5, 5.41) is 2.69. The topological polar surface area (TPSA) is 72.5 Å². The van der Waals surface area contributed by atoms with E-state index in [0.29, 0.717) is 12.8 Å². The van der Waals surface area contributed by atoms with Crippen molar-refractivity contribution in [2.45, 2.75) is 65.2 Å². The number of carbonyl (C=O) groups is 3. The van der Waals surface area contributed by atoms with Gasteiger partial charge in [0.2, 0.25) is 5.91 Å². The standard InChI is InChI=1S/C29H41NO4/c1-3-4-5-6-7-8-9-10-11-12-13-14-15-16-17-18-19-20-21-22-28(32)30-25-26-34-29(33)24-23-27(2)31/h4-5,7-8,10-11,13-14,16-17,19-20,23-24H,3,6,9,12,15,18,21-22,25-26H2,1-2H3,(H,30,32)/b5-4-,8-7-,11-10-,14-13-,17-16-,20-19-,24-23+. The zero-order valence-corrected chi connectivity index (χ0v) is 20.8. The highest BCUT2D eigenvalue weighted by Gasteiger charge is 2.00. The summed E-state index contributed by atoms with van der Waals surface area (Å²) in [6.45, 7) is 3.82. The van der Waals surface area contributed by atoms with E-state index in [1.165, 1.54) is 6.92 Å². The first kappa shape index (κ1) is 30.8. The highest BCUT2D eigenvalue weighted by Crippen LogP contribution is 1.98. The van der Waals surface area contributed by atoms with Gasteiger partial charge in [0, 0.05) is 12.5 Å². The molecule has 0 heterocycles. The van der Waals surface area contributed by atoms with E-state index in [-0.39, 0.29) is 24.8 Å². The van der Waals surface area contributed by atoms with Crippen LogP contribution in [0.1, 0.15) is 65.2 Å². The van der Waals surface area contributed by atoms with E-state index >= 15 is 0 Å². The maximum atomic E-state index is 11.7. The molecule has 0 aliphatic carbocycles. The van der Waals surface area contributed by atoms with Crippen molar-refractivity contribution in [3.05, 3.63) is 85.1 Å². The summed E-state index contributed by atoms with van der Waals surface area (Å²) in [6, 6.07) is 0. The minimum absolute atomic E-state index is 0.0761. The number of nitrogens with one attached hydrogen (secondary N) is 1. The third-order valence-electron chi connectivity index (χ3n) is 4.26. The van der Waals surface area contributed by atoms with Gasteiger partial charge in [0.05, 0.1) is 6.54 Å². The molecule has 1 N–H and O–H groups in total. The Morgan fingerprint density at radius 3 is 1.62 bits per heavy atom. The largest absolute Gasteiger partial charge is 0.461 e. The lowest BCUT2D eigenvalue weighted by Crippen LogP contribution is -2.27. The lowest BCUT2D eigenvalue weighted by atomic mass is 10.2. The van der Waals surface area contributed by atoms with Crippen LogP contribution in [0.2, 0.25) is 0 Å². The average Bonchev–Trinajstić information content (AvgIpc) is 2.82. The van der Waals surface area contributed by atoms with Crippen LogP contribution in [0, 0.1) is 0 Å². The fourth-order valence-corrected chi connectivity index (χ4v) is 2.52. The molecule has 0 saturated carbocycles. The zero-order valence-electron chi connectivity index (χ0n) is 20.8. The van der Waals surface area contributed by atoms with E-state index in [1.54, 1.807) is 0 Å². The second kappa shape index (κ2) is 24.4. The quantitative estimate of drug-likeness (QED) is 0.105. The molecule has 1 amide bonds. The summed E-state index contributed by atoms with van der Waals surface area (Å²) in [4.78, 5) is 33.7. The Balaban J connectivity index is 3.64. The summed E-state index contributed by atoms with van der Waals surface area (Å²) >= 11 is 0. The Kier molecular flexibility index (Phi) is 22.1. The molecule has 0 radical (unpaired) electrons. The van der Waals surface area contributed by atoms with Crippen LogP contribution < -0.4 is 5.32 Å². The molecule has 0 rings (SSSR count). The van der Waals surface area contributed by atoms with Crippen LogP contribution in [0.4, 0.5) is 0 Å². The third kappa shape index (κ3) is 25.1. The van der Waals surface area contributed by atoms with Crippen molar-refractivity contribution in [2.75, 3.05) is 13.2 Å². The number of hydrogen-bond acceptors (Lipinski definition) is 4. The van der Waals surface area contributed by atoms with Crippen LogP contribution in [0.3, 0.4) is 0 Å². The lowest BCUT2D eigenvalue weighted by molar-refractivity contribution is -0.138. The Bertz CT molecular complexity index is 767. The van der Waals surface area contributed by atoms with Crippen molar-refractivity contribution in [3.8, 4) is 0 Å². The predicted octanol–water partition coefficient (Wildman–Crippen LogP) is 6.27. The molecule has 0 bridgehead atoms. The Hall–Kier alpha value is -3.21. The number of hydrogen-bond donors (Lipinski definition) is 1.